The summed E-state index contributed by atoms with van der Waals surface area (Å²) in [5.74, 6) is 1.21. The normalized spacial score (nSPS) is 12.7. The third-order valence-corrected chi connectivity index (χ3v) is 4.94. The Morgan fingerprint density at radius 3 is 2.62 bits per heavy atom. The van der Waals surface area contributed by atoms with Crippen molar-refractivity contribution in [2.45, 2.75) is 50.5 Å². The van der Waals surface area contributed by atoms with E-state index in [1.807, 2.05) is 11.8 Å². The van der Waals surface area contributed by atoms with Crippen LogP contribution in [0.2, 0.25) is 0 Å². The average Bonchev–Trinajstić information content (AvgIpc) is 2.54. The summed E-state index contributed by atoms with van der Waals surface area (Å²) in [5, 5.41) is 6.31. The van der Waals surface area contributed by atoms with Gasteiger partial charge in [-0.05, 0) is 60.9 Å². The van der Waals surface area contributed by atoms with Crippen molar-refractivity contribution in [3.05, 3.63) is 42.5 Å². The average molecular weight is 301 g/mol. The van der Waals surface area contributed by atoms with Crippen LogP contribution in [-0.4, -0.2) is 18.3 Å². The van der Waals surface area contributed by atoms with E-state index in [0.717, 1.165) is 6.54 Å². The van der Waals surface area contributed by atoms with Crippen molar-refractivity contribution < 1.29 is 0 Å². The molecule has 1 atom stereocenters. The van der Waals surface area contributed by atoms with E-state index >= 15 is 0 Å². The van der Waals surface area contributed by atoms with Crippen LogP contribution in [0.3, 0.4) is 0 Å². The topological polar surface area (TPSA) is 12.0 Å². The Balaban J connectivity index is 1.76. The minimum atomic E-state index is 0.696. The van der Waals surface area contributed by atoms with Crippen LogP contribution in [-0.2, 0) is 0 Å². The summed E-state index contributed by atoms with van der Waals surface area (Å²) in [4.78, 5) is 1.39. The van der Waals surface area contributed by atoms with Gasteiger partial charge in [0, 0.05) is 10.9 Å². The molecule has 2 rings (SSSR count). The second kappa shape index (κ2) is 9.11. The molecule has 0 saturated carbocycles. The summed E-state index contributed by atoms with van der Waals surface area (Å²) in [7, 11) is 0. The van der Waals surface area contributed by atoms with Crippen LogP contribution in [0, 0.1) is 0 Å². The lowest BCUT2D eigenvalue weighted by Gasteiger charge is -2.16. The SMILES string of the molecule is CCCNC(CC)CCCSc1ccc2ccccc2c1. The van der Waals surface area contributed by atoms with Crippen molar-refractivity contribution >= 4 is 22.5 Å². The van der Waals surface area contributed by atoms with Gasteiger partial charge in [-0.1, -0.05) is 44.2 Å². The molecule has 0 amide bonds. The van der Waals surface area contributed by atoms with E-state index in [-0.39, 0.29) is 0 Å². The van der Waals surface area contributed by atoms with E-state index < -0.39 is 0 Å². The molecular weight excluding hydrogens is 274 g/mol. The Hall–Kier alpha value is -0.990. The first-order valence-corrected chi connectivity index (χ1v) is 9.17. The molecule has 1 unspecified atom stereocenters. The predicted molar refractivity (Wildman–Crippen MR) is 96.3 cm³/mol. The third kappa shape index (κ3) is 5.37. The number of benzene rings is 2. The van der Waals surface area contributed by atoms with Gasteiger partial charge in [0.2, 0.25) is 0 Å². The van der Waals surface area contributed by atoms with Gasteiger partial charge < -0.3 is 5.32 Å². The van der Waals surface area contributed by atoms with Crippen LogP contribution < -0.4 is 5.32 Å². The van der Waals surface area contributed by atoms with E-state index in [1.54, 1.807) is 0 Å². The predicted octanol–water partition coefficient (Wildman–Crippen LogP) is 5.49. The Morgan fingerprint density at radius 2 is 1.86 bits per heavy atom. The van der Waals surface area contributed by atoms with Gasteiger partial charge >= 0.3 is 0 Å². The lowest BCUT2D eigenvalue weighted by molar-refractivity contribution is 0.465. The smallest absolute Gasteiger partial charge is 0.00783 e. The number of rotatable bonds is 9. The summed E-state index contributed by atoms with van der Waals surface area (Å²) in [6.45, 7) is 5.66. The van der Waals surface area contributed by atoms with E-state index in [4.69, 9.17) is 0 Å². The maximum absolute atomic E-state index is 3.63. The molecule has 1 nitrogen and oxygen atoms in total. The first-order valence-electron chi connectivity index (χ1n) is 8.18. The standard InChI is InChI=1S/C19H27NS/c1-3-13-20-18(4-2)10-7-14-21-19-12-11-16-8-5-6-9-17(16)15-19/h5-6,8-9,11-12,15,18,20H,3-4,7,10,13-14H2,1-2H3. The van der Waals surface area contributed by atoms with Crippen molar-refractivity contribution in [1.29, 1.82) is 0 Å². The van der Waals surface area contributed by atoms with E-state index in [1.165, 1.54) is 47.1 Å². The Morgan fingerprint density at radius 1 is 1.05 bits per heavy atom. The molecule has 2 aromatic carbocycles. The zero-order valence-electron chi connectivity index (χ0n) is 13.3. The summed E-state index contributed by atoms with van der Waals surface area (Å²) >= 11 is 1.98. The van der Waals surface area contributed by atoms with Gasteiger partial charge in [0.1, 0.15) is 0 Å². The molecule has 0 aliphatic carbocycles. The lowest BCUT2D eigenvalue weighted by Crippen LogP contribution is -2.29. The van der Waals surface area contributed by atoms with Crippen LogP contribution in [0.5, 0.6) is 0 Å². The van der Waals surface area contributed by atoms with Crippen molar-refractivity contribution in [2.24, 2.45) is 0 Å². The molecule has 0 aliphatic rings. The maximum Gasteiger partial charge on any atom is 0.00783 e. The van der Waals surface area contributed by atoms with Crippen LogP contribution in [0.25, 0.3) is 10.8 Å². The third-order valence-electron chi connectivity index (χ3n) is 3.86. The minimum absolute atomic E-state index is 0.696. The Bertz CT molecular complexity index is 538. The number of nitrogens with one attached hydrogen (secondary N) is 1. The van der Waals surface area contributed by atoms with Crippen molar-refractivity contribution in [3.8, 4) is 0 Å². The van der Waals surface area contributed by atoms with Crippen molar-refractivity contribution in [1.82, 2.24) is 5.32 Å². The highest BCUT2D eigenvalue weighted by atomic mass is 32.2. The molecule has 2 aromatic rings. The molecule has 0 radical (unpaired) electrons. The zero-order chi connectivity index (χ0) is 14.9. The molecule has 2 heteroatoms. The molecule has 114 valence electrons. The minimum Gasteiger partial charge on any atom is -0.314 e. The van der Waals surface area contributed by atoms with Crippen molar-refractivity contribution in [3.63, 3.8) is 0 Å². The molecule has 0 spiro atoms. The van der Waals surface area contributed by atoms with Gasteiger partial charge in [-0.25, -0.2) is 0 Å². The molecule has 0 heterocycles. The Labute approximate surface area is 133 Å². The largest absolute Gasteiger partial charge is 0.314 e. The fraction of sp³-hybridized carbons (Fsp3) is 0.474. The monoisotopic (exact) mass is 301 g/mol. The molecular formula is C19H27NS. The highest BCUT2D eigenvalue weighted by molar-refractivity contribution is 7.99. The maximum atomic E-state index is 3.63. The van der Waals surface area contributed by atoms with Crippen LogP contribution in [0.1, 0.15) is 39.5 Å². The number of fused-ring (bicyclic) bond motifs is 1. The molecule has 21 heavy (non-hydrogen) atoms. The van der Waals surface area contributed by atoms with Gasteiger partial charge in [0.05, 0.1) is 0 Å². The molecule has 0 aromatic heterocycles. The summed E-state index contributed by atoms with van der Waals surface area (Å²) in [6, 6.07) is 16.1. The lowest BCUT2D eigenvalue weighted by atomic mass is 10.1. The van der Waals surface area contributed by atoms with E-state index in [9.17, 15) is 0 Å². The van der Waals surface area contributed by atoms with Gasteiger partial charge in [-0.15, -0.1) is 11.8 Å². The fourth-order valence-corrected chi connectivity index (χ4v) is 3.50. The summed E-state index contributed by atoms with van der Waals surface area (Å²) in [6.07, 6.45) is 5.03. The van der Waals surface area contributed by atoms with E-state index in [2.05, 4.69) is 61.6 Å². The van der Waals surface area contributed by atoms with Gasteiger partial charge in [-0.2, -0.15) is 0 Å². The fourth-order valence-electron chi connectivity index (χ4n) is 2.58. The number of hydrogen-bond donors (Lipinski definition) is 1. The molecule has 0 saturated heterocycles. The second-order valence-corrected chi connectivity index (χ2v) is 6.73. The zero-order valence-corrected chi connectivity index (χ0v) is 14.1. The van der Waals surface area contributed by atoms with E-state index in [0.29, 0.717) is 6.04 Å². The van der Waals surface area contributed by atoms with Crippen LogP contribution in [0.4, 0.5) is 0 Å². The highest BCUT2D eigenvalue weighted by Gasteiger charge is 2.04. The second-order valence-electron chi connectivity index (χ2n) is 5.56. The first-order chi connectivity index (χ1) is 10.3. The van der Waals surface area contributed by atoms with Crippen LogP contribution >= 0.6 is 11.8 Å². The van der Waals surface area contributed by atoms with Gasteiger partial charge in [0.25, 0.3) is 0 Å². The quantitative estimate of drug-likeness (QED) is 0.485. The molecule has 1 N–H and O–H groups in total. The molecule has 0 fully saturated rings. The summed E-state index contributed by atoms with van der Waals surface area (Å²) in [5.41, 5.74) is 0. The highest BCUT2D eigenvalue weighted by Crippen LogP contribution is 2.24. The molecule has 0 aliphatic heterocycles. The van der Waals surface area contributed by atoms with Gasteiger partial charge in [-0.3, -0.25) is 0 Å². The summed E-state index contributed by atoms with van der Waals surface area (Å²) < 4.78 is 0. The van der Waals surface area contributed by atoms with Gasteiger partial charge in [0.15, 0.2) is 0 Å². The van der Waals surface area contributed by atoms with Crippen LogP contribution in [0.15, 0.2) is 47.4 Å². The first kappa shape index (κ1) is 16.4. The number of hydrogen-bond acceptors (Lipinski definition) is 2. The molecule has 0 bridgehead atoms. The Kier molecular flexibility index (Phi) is 7.11. The van der Waals surface area contributed by atoms with Crippen molar-refractivity contribution in [2.75, 3.05) is 12.3 Å². The number of thioether (sulfide) groups is 1.